The van der Waals surface area contributed by atoms with E-state index in [1.54, 1.807) is 11.8 Å². The van der Waals surface area contributed by atoms with Gasteiger partial charge in [0.2, 0.25) is 0 Å². The van der Waals surface area contributed by atoms with Crippen LogP contribution < -0.4 is 0 Å². The fourth-order valence-corrected chi connectivity index (χ4v) is 5.87. The molecule has 5 rings (SSSR count). The molecule has 0 saturated heterocycles. The van der Waals surface area contributed by atoms with Crippen molar-refractivity contribution in [2.24, 2.45) is 0 Å². The first-order valence-corrected chi connectivity index (χ1v) is 11.7. The Kier molecular flexibility index (Phi) is 4.98. The molecule has 2 aliphatic carbocycles. The number of hydrogen-bond donors (Lipinski definition) is 1. The number of aromatic nitrogens is 2. The van der Waals surface area contributed by atoms with Crippen LogP contribution in [0, 0.1) is 0 Å². The van der Waals surface area contributed by atoms with E-state index >= 15 is 0 Å². The van der Waals surface area contributed by atoms with Crippen LogP contribution in [0.4, 0.5) is 0 Å². The second-order valence-corrected chi connectivity index (χ2v) is 9.84. The highest BCUT2D eigenvalue weighted by molar-refractivity contribution is 8.08. The number of allylic oxidation sites excluding steroid dienone is 1. The SMILES string of the molecule is CCn1cc(C2C(C)=C(Sc3cccc(C4(C(=O)O)CC4)c3)c3ccc(Cl)cc32)cn1. The van der Waals surface area contributed by atoms with Gasteiger partial charge in [-0.1, -0.05) is 41.6 Å². The van der Waals surface area contributed by atoms with Crippen molar-refractivity contribution < 1.29 is 9.90 Å². The van der Waals surface area contributed by atoms with Crippen molar-refractivity contribution in [1.29, 1.82) is 0 Å². The molecule has 1 heterocycles. The Morgan fingerprint density at radius 1 is 1.29 bits per heavy atom. The largest absolute Gasteiger partial charge is 0.481 e. The van der Waals surface area contributed by atoms with Gasteiger partial charge in [-0.25, -0.2) is 0 Å². The lowest BCUT2D eigenvalue weighted by Crippen LogP contribution is -2.19. The number of aryl methyl sites for hydroxylation is 1. The monoisotopic (exact) mass is 450 g/mol. The van der Waals surface area contributed by atoms with Crippen LogP contribution in [0.3, 0.4) is 0 Å². The van der Waals surface area contributed by atoms with Crippen molar-refractivity contribution in [2.45, 2.75) is 49.5 Å². The average molecular weight is 451 g/mol. The summed E-state index contributed by atoms with van der Waals surface area (Å²) in [6.45, 7) is 5.09. The lowest BCUT2D eigenvalue weighted by molar-refractivity contribution is -0.140. The standard InChI is InChI=1S/C25H23ClN2O2S/c1-3-28-14-16(13-27-28)22-15(2)23(20-8-7-18(26)12-21(20)22)31-19-6-4-5-17(11-19)25(9-10-25)24(29)30/h4-8,11-14,22H,3,9-10H2,1-2H3,(H,29,30). The Bertz CT molecular complexity index is 1230. The summed E-state index contributed by atoms with van der Waals surface area (Å²) < 4.78 is 1.95. The summed E-state index contributed by atoms with van der Waals surface area (Å²) in [5, 5.41) is 14.9. The van der Waals surface area contributed by atoms with Crippen LogP contribution in [0.15, 0.2) is 65.3 Å². The van der Waals surface area contributed by atoms with E-state index in [0.717, 1.165) is 27.6 Å². The van der Waals surface area contributed by atoms with Crippen LogP contribution >= 0.6 is 23.4 Å². The predicted molar refractivity (Wildman–Crippen MR) is 125 cm³/mol. The summed E-state index contributed by atoms with van der Waals surface area (Å²) in [5.41, 5.74) is 5.02. The second kappa shape index (κ2) is 7.57. The van der Waals surface area contributed by atoms with Crippen molar-refractivity contribution in [3.8, 4) is 0 Å². The van der Waals surface area contributed by atoms with Gasteiger partial charge in [0, 0.05) is 39.0 Å². The van der Waals surface area contributed by atoms with Gasteiger partial charge in [0.25, 0.3) is 0 Å². The van der Waals surface area contributed by atoms with Gasteiger partial charge in [-0.15, -0.1) is 0 Å². The van der Waals surface area contributed by atoms with E-state index in [-0.39, 0.29) is 5.92 Å². The summed E-state index contributed by atoms with van der Waals surface area (Å²) in [4.78, 5) is 14.0. The summed E-state index contributed by atoms with van der Waals surface area (Å²) in [7, 11) is 0. The lowest BCUT2D eigenvalue weighted by atomic mass is 9.91. The number of carboxylic acids is 1. The quantitative estimate of drug-likeness (QED) is 0.476. The van der Waals surface area contributed by atoms with Crippen LogP contribution in [0.2, 0.25) is 5.02 Å². The normalized spacial score (nSPS) is 18.9. The maximum atomic E-state index is 11.8. The number of halogens is 1. The fraction of sp³-hybridized carbons (Fsp3) is 0.280. The Morgan fingerprint density at radius 3 is 2.77 bits per heavy atom. The van der Waals surface area contributed by atoms with Crippen molar-refractivity contribution in [3.63, 3.8) is 0 Å². The molecule has 1 N–H and O–H groups in total. The van der Waals surface area contributed by atoms with Gasteiger partial charge >= 0.3 is 5.97 Å². The highest BCUT2D eigenvalue weighted by Gasteiger charge is 2.51. The minimum Gasteiger partial charge on any atom is -0.481 e. The van der Waals surface area contributed by atoms with Gasteiger partial charge < -0.3 is 5.11 Å². The third kappa shape index (κ3) is 3.40. The lowest BCUT2D eigenvalue weighted by Gasteiger charge is -2.13. The van der Waals surface area contributed by atoms with E-state index in [0.29, 0.717) is 12.8 Å². The van der Waals surface area contributed by atoms with Gasteiger partial charge in [-0.3, -0.25) is 9.48 Å². The topological polar surface area (TPSA) is 55.1 Å². The molecule has 0 aliphatic heterocycles. The van der Waals surface area contributed by atoms with Crippen LogP contribution in [0.25, 0.3) is 4.91 Å². The Morgan fingerprint density at radius 2 is 2.10 bits per heavy atom. The Balaban J connectivity index is 1.55. The molecule has 2 aromatic carbocycles. The summed E-state index contributed by atoms with van der Waals surface area (Å²) in [5.74, 6) is -0.604. The van der Waals surface area contributed by atoms with E-state index in [9.17, 15) is 9.90 Å². The number of benzene rings is 2. The zero-order valence-electron chi connectivity index (χ0n) is 17.4. The molecule has 0 amide bonds. The van der Waals surface area contributed by atoms with Crippen molar-refractivity contribution in [3.05, 3.63) is 87.7 Å². The van der Waals surface area contributed by atoms with E-state index in [1.807, 2.05) is 35.1 Å². The molecule has 0 radical (unpaired) electrons. The maximum Gasteiger partial charge on any atom is 0.314 e. The molecule has 31 heavy (non-hydrogen) atoms. The minimum atomic E-state index is -0.723. The minimum absolute atomic E-state index is 0.119. The third-order valence-electron chi connectivity index (χ3n) is 6.44. The van der Waals surface area contributed by atoms with Crippen LogP contribution in [-0.2, 0) is 16.8 Å². The van der Waals surface area contributed by atoms with Gasteiger partial charge in [-0.2, -0.15) is 5.10 Å². The molecule has 158 valence electrons. The highest BCUT2D eigenvalue weighted by Crippen LogP contribution is 2.53. The number of hydrogen-bond acceptors (Lipinski definition) is 3. The molecule has 0 bridgehead atoms. The molecule has 1 atom stereocenters. The molecule has 1 aromatic heterocycles. The first-order chi connectivity index (χ1) is 14.9. The van der Waals surface area contributed by atoms with Gasteiger partial charge in [-0.05, 0) is 73.2 Å². The van der Waals surface area contributed by atoms with Crippen molar-refractivity contribution in [1.82, 2.24) is 9.78 Å². The summed E-state index contributed by atoms with van der Waals surface area (Å²) in [6.07, 6.45) is 5.48. The maximum absolute atomic E-state index is 11.8. The van der Waals surface area contributed by atoms with Crippen molar-refractivity contribution in [2.75, 3.05) is 0 Å². The summed E-state index contributed by atoms with van der Waals surface area (Å²) in [6, 6.07) is 14.1. The van der Waals surface area contributed by atoms with Crippen molar-refractivity contribution >= 4 is 34.2 Å². The summed E-state index contributed by atoms with van der Waals surface area (Å²) >= 11 is 8.08. The molecule has 6 heteroatoms. The zero-order valence-corrected chi connectivity index (χ0v) is 19.0. The third-order valence-corrected chi connectivity index (χ3v) is 7.91. The van der Waals surface area contributed by atoms with Gasteiger partial charge in [0.15, 0.2) is 0 Å². The van der Waals surface area contributed by atoms with E-state index in [4.69, 9.17) is 11.6 Å². The highest BCUT2D eigenvalue weighted by atomic mass is 35.5. The molecule has 1 saturated carbocycles. The predicted octanol–water partition coefficient (Wildman–Crippen LogP) is 6.34. The Labute approximate surface area is 190 Å². The van der Waals surface area contributed by atoms with Crippen LogP contribution in [0.1, 0.15) is 54.9 Å². The average Bonchev–Trinajstić information content (AvgIpc) is 3.38. The van der Waals surface area contributed by atoms with E-state index in [1.165, 1.54) is 21.6 Å². The number of thioether (sulfide) groups is 1. The fourth-order valence-electron chi connectivity index (χ4n) is 4.55. The smallest absolute Gasteiger partial charge is 0.314 e. The Hall–Kier alpha value is -2.50. The number of fused-ring (bicyclic) bond motifs is 1. The second-order valence-electron chi connectivity index (χ2n) is 8.32. The van der Waals surface area contributed by atoms with E-state index in [2.05, 4.69) is 43.3 Å². The molecule has 1 unspecified atom stereocenters. The molecule has 1 fully saturated rings. The number of rotatable bonds is 6. The van der Waals surface area contributed by atoms with Gasteiger partial charge in [0.05, 0.1) is 11.6 Å². The van der Waals surface area contributed by atoms with Crippen LogP contribution in [0.5, 0.6) is 0 Å². The molecule has 4 nitrogen and oxygen atoms in total. The number of aliphatic carboxylic acids is 1. The molecule has 2 aliphatic rings. The first-order valence-electron chi connectivity index (χ1n) is 10.5. The van der Waals surface area contributed by atoms with E-state index < -0.39 is 11.4 Å². The number of carboxylic acid groups (broad SMARTS) is 1. The molecular weight excluding hydrogens is 428 g/mol. The molecule has 3 aromatic rings. The number of nitrogens with zero attached hydrogens (tertiary/aromatic N) is 2. The number of carbonyl (C=O) groups is 1. The molecular formula is C25H23ClN2O2S. The van der Waals surface area contributed by atoms with Crippen LogP contribution in [-0.4, -0.2) is 20.9 Å². The zero-order chi connectivity index (χ0) is 21.8. The molecule has 0 spiro atoms. The first kappa shape index (κ1) is 20.4. The van der Waals surface area contributed by atoms with Gasteiger partial charge in [0.1, 0.15) is 0 Å².